The van der Waals surface area contributed by atoms with Crippen molar-refractivity contribution in [2.45, 2.75) is 52.7 Å². The molecule has 1 fully saturated rings. The number of rotatable bonds is 5. The summed E-state index contributed by atoms with van der Waals surface area (Å²) in [4.78, 5) is 0. The second-order valence-corrected chi connectivity index (χ2v) is 7.72. The number of aromatic amines is 1. The third-order valence-electron chi connectivity index (χ3n) is 5.04. The highest BCUT2D eigenvalue weighted by atomic mass is 32.1. The van der Waals surface area contributed by atoms with Gasteiger partial charge in [-0.25, -0.2) is 4.68 Å². The van der Waals surface area contributed by atoms with E-state index in [0.717, 1.165) is 48.0 Å². The third kappa shape index (κ3) is 3.24. The van der Waals surface area contributed by atoms with Crippen molar-refractivity contribution in [3.8, 4) is 5.82 Å². The fourth-order valence-electron chi connectivity index (χ4n) is 3.68. The SMILES string of the molecule is Cc1cc(/C=N\n2c([C@@H]3CCCO3)n[nH]c2=S)c(C)n1-c1ccnn1C(C)C. The van der Waals surface area contributed by atoms with Gasteiger partial charge in [-0.05, 0) is 58.8 Å². The Morgan fingerprint density at radius 1 is 1.39 bits per heavy atom. The van der Waals surface area contributed by atoms with Crippen LogP contribution in [0.15, 0.2) is 23.4 Å². The van der Waals surface area contributed by atoms with E-state index < -0.39 is 0 Å². The van der Waals surface area contributed by atoms with Crippen molar-refractivity contribution in [2.24, 2.45) is 5.10 Å². The summed E-state index contributed by atoms with van der Waals surface area (Å²) >= 11 is 5.36. The van der Waals surface area contributed by atoms with Gasteiger partial charge in [0.25, 0.3) is 0 Å². The predicted octanol–water partition coefficient (Wildman–Crippen LogP) is 3.86. The Morgan fingerprint density at radius 3 is 2.93 bits per heavy atom. The lowest BCUT2D eigenvalue weighted by Gasteiger charge is -2.15. The molecule has 9 heteroatoms. The molecule has 4 heterocycles. The van der Waals surface area contributed by atoms with Crippen LogP contribution in [0.5, 0.6) is 0 Å². The van der Waals surface area contributed by atoms with Crippen molar-refractivity contribution < 1.29 is 4.74 Å². The smallest absolute Gasteiger partial charge is 0.216 e. The molecule has 0 amide bonds. The van der Waals surface area contributed by atoms with Crippen molar-refractivity contribution in [2.75, 3.05) is 6.61 Å². The Labute approximate surface area is 168 Å². The molecular weight excluding hydrogens is 374 g/mol. The van der Waals surface area contributed by atoms with Gasteiger partial charge in [0, 0.05) is 35.7 Å². The number of nitrogens with one attached hydrogen (secondary N) is 1. The Hall–Kier alpha value is -2.52. The minimum Gasteiger partial charge on any atom is -0.370 e. The van der Waals surface area contributed by atoms with Gasteiger partial charge >= 0.3 is 0 Å². The van der Waals surface area contributed by atoms with Crippen LogP contribution in [0.4, 0.5) is 0 Å². The molecule has 0 bridgehead atoms. The number of hydrogen-bond donors (Lipinski definition) is 1. The molecule has 4 rings (SSSR count). The minimum atomic E-state index is -0.0575. The molecule has 28 heavy (non-hydrogen) atoms. The van der Waals surface area contributed by atoms with Gasteiger partial charge in [-0.2, -0.15) is 20.0 Å². The van der Waals surface area contributed by atoms with E-state index in [1.54, 1.807) is 4.68 Å². The van der Waals surface area contributed by atoms with Gasteiger partial charge in [0.05, 0.1) is 12.4 Å². The fourth-order valence-corrected chi connectivity index (χ4v) is 3.86. The Bertz CT molecular complexity index is 1060. The summed E-state index contributed by atoms with van der Waals surface area (Å²) in [6.07, 6.45) is 5.57. The summed E-state index contributed by atoms with van der Waals surface area (Å²) in [6.45, 7) is 9.17. The summed E-state index contributed by atoms with van der Waals surface area (Å²) in [5, 5.41) is 16.2. The Kier molecular flexibility index (Phi) is 5.03. The largest absolute Gasteiger partial charge is 0.370 e. The fraction of sp³-hybridized carbons (Fsp3) is 0.474. The maximum Gasteiger partial charge on any atom is 0.216 e. The lowest BCUT2D eigenvalue weighted by molar-refractivity contribution is 0.102. The first-order chi connectivity index (χ1) is 13.5. The summed E-state index contributed by atoms with van der Waals surface area (Å²) < 4.78 is 12.1. The number of H-pyrrole nitrogens is 1. The van der Waals surface area contributed by atoms with Crippen molar-refractivity contribution >= 4 is 18.4 Å². The molecule has 148 valence electrons. The van der Waals surface area contributed by atoms with Crippen LogP contribution in [0.1, 0.15) is 61.6 Å². The predicted molar refractivity (Wildman–Crippen MR) is 110 cm³/mol. The van der Waals surface area contributed by atoms with Gasteiger partial charge in [0.15, 0.2) is 5.82 Å². The highest BCUT2D eigenvalue weighted by Gasteiger charge is 2.23. The zero-order valence-electron chi connectivity index (χ0n) is 16.6. The molecule has 3 aromatic rings. The van der Waals surface area contributed by atoms with E-state index in [9.17, 15) is 0 Å². The minimum absolute atomic E-state index is 0.0575. The molecule has 0 spiro atoms. The molecule has 0 aliphatic carbocycles. The lowest BCUT2D eigenvalue weighted by atomic mass is 10.2. The molecule has 1 aliphatic heterocycles. The molecule has 0 radical (unpaired) electrons. The molecule has 1 N–H and O–H groups in total. The zero-order chi connectivity index (χ0) is 19.8. The van der Waals surface area contributed by atoms with E-state index >= 15 is 0 Å². The summed E-state index contributed by atoms with van der Waals surface area (Å²) in [5.41, 5.74) is 3.24. The number of ether oxygens (including phenoxy) is 1. The van der Waals surface area contributed by atoms with E-state index in [2.05, 4.69) is 58.7 Å². The first-order valence-corrected chi connectivity index (χ1v) is 9.94. The van der Waals surface area contributed by atoms with Crippen LogP contribution in [0.3, 0.4) is 0 Å². The topological polar surface area (TPSA) is 77.9 Å². The monoisotopic (exact) mass is 399 g/mol. The molecule has 0 saturated carbocycles. The van der Waals surface area contributed by atoms with E-state index in [0.29, 0.717) is 4.77 Å². The van der Waals surface area contributed by atoms with E-state index in [4.69, 9.17) is 17.0 Å². The highest BCUT2D eigenvalue weighted by molar-refractivity contribution is 7.71. The average molecular weight is 400 g/mol. The number of nitrogens with zero attached hydrogens (tertiary/aromatic N) is 6. The van der Waals surface area contributed by atoms with Gasteiger partial charge in [0.2, 0.25) is 4.77 Å². The van der Waals surface area contributed by atoms with Crippen molar-refractivity contribution in [1.82, 2.24) is 29.2 Å². The standard InChI is InChI=1S/C19H25N7OS/c1-12(2)25-17(7-8-20-25)24-13(3)10-15(14(24)4)11-21-26-18(22-23-19(26)28)16-6-5-9-27-16/h7-8,10-12,16H,5-6,9H2,1-4H3,(H,23,28)/b21-11-/t16-/m0/s1. The highest BCUT2D eigenvalue weighted by Crippen LogP contribution is 2.27. The molecular formula is C19H25N7OS. The Balaban J connectivity index is 1.70. The molecule has 1 aliphatic rings. The van der Waals surface area contributed by atoms with E-state index in [1.165, 1.54) is 0 Å². The maximum absolute atomic E-state index is 5.74. The zero-order valence-corrected chi connectivity index (χ0v) is 17.4. The maximum atomic E-state index is 5.74. The molecule has 8 nitrogen and oxygen atoms in total. The van der Waals surface area contributed by atoms with Crippen LogP contribution in [-0.2, 0) is 4.74 Å². The summed E-state index contributed by atoms with van der Waals surface area (Å²) in [6, 6.07) is 4.43. The van der Waals surface area contributed by atoms with Crippen molar-refractivity contribution in [3.63, 3.8) is 0 Å². The lowest BCUT2D eigenvalue weighted by Crippen LogP contribution is -2.11. The molecule has 3 aromatic heterocycles. The second-order valence-electron chi connectivity index (χ2n) is 7.33. The van der Waals surface area contributed by atoms with Gasteiger partial charge in [-0.15, -0.1) is 0 Å². The Morgan fingerprint density at radius 2 is 2.21 bits per heavy atom. The second kappa shape index (κ2) is 7.48. The molecule has 0 aromatic carbocycles. The van der Waals surface area contributed by atoms with Crippen LogP contribution in [0.25, 0.3) is 5.82 Å². The first kappa shape index (κ1) is 18.8. The molecule has 0 unspecified atom stereocenters. The number of hydrogen-bond acceptors (Lipinski definition) is 5. The van der Waals surface area contributed by atoms with E-state index in [1.807, 2.05) is 23.2 Å². The average Bonchev–Trinajstić information content (AvgIpc) is 3.41. The van der Waals surface area contributed by atoms with Crippen molar-refractivity contribution in [1.29, 1.82) is 0 Å². The van der Waals surface area contributed by atoms with Gasteiger partial charge in [-0.1, -0.05) is 0 Å². The first-order valence-electron chi connectivity index (χ1n) is 9.53. The van der Waals surface area contributed by atoms with Crippen LogP contribution in [0.2, 0.25) is 0 Å². The molecule has 1 saturated heterocycles. The summed E-state index contributed by atoms with van der Waals surface area (Å²) in [5.74, 6) is 1.77. The van der Waals surface area contributed by atoms with Crippen LogP contribution < -0.4 is 0 Å². The van der Waals surface area contributed by atoms with Crippen molar-refractivity contribution in [3.05, 3.63) is 45.9 Å². The van der Waals surface area contributed by atoms with Gasteiger partial charge in [0.1, 0.15) is 11.9 Å². The summed E-state index contributed by atoms with van der Waals surface area (Å²) in [7, 11) is 0. The van der Waals surface area contributed by atoms with Crippen LogP contribution in [-0.4, -0.2) is 42.0 Å². The van der Waals surface area contributed by atoms with Gasteiger partial charge < -0.3 is 9.30 Å². The van der Waals surface area contributed by atoms with Crippen LogP contribution in [0, 0.1) is 18.6 Å². The normalized spacial score (nSPS) is 17.4. The quantitative estimate of drug-likeness (QED) is 0.522. The third-order valence-corrected chi connectivity index (χ3v) is 5.31. The number of aromatic nitrogens is 6. The van der Waals surface area contributed by atoms with Crippen LogP contribution >= 0.6 is 12.2 Å². The van der Waals surface area contributed by atoms with E-state index in [-0.39, 0.29) is 12.1 Å². The van der Waals surface area contributed by atoms with Gasteiger partial charge in [-0.3, -0.25) is 5.10 Å². The molecule has 1 atom stereocenters. The number of aryl methyl sites for hydroxylation is 1.